The van der Waals surface area contributed by atoms with Crippen molar-refractivity contribution >= 4 is 40.8 Å². The Morgan fingerprint density at radius 2 is 1.52 bits per heavy atom. The summed E-state index contributed by atoms with van der Waals surface area (Å²) in [7, 11) is 0. The number of rotatable bonds is 4. The molecular weight excluding hydrogens is 398 g/mol. The molecule has 154 valence electrons. The van der Waals surface area contributed by atoms with Gasteiger partial charge in [-0.1, -0.05) is 0 Å². The fraction of sp³-hybridized carbons (Fsp3) is 0.0435. The number of carbonyl (C=O) groups excluding carboxylic acids is 4. The molecule has 1 aliphatic rings. The van der Waals surface area contributed by atoms with Crippen LogP contribution < -0.4 is 20.7 Å². The number of fused-ring (bicyclic) bond motifs is 1. The highest BCUT2D eigenvalue weighted by Gasteiger charge is 2.36. The average Bonchev–Trinajstić information content (AvgIpc) is 2.98. The Labute approximate surface area is 177 Å². The summed E-state index contributed by atoms with van der Waals surface area (Å²) in [5, 5.41) is 2.71. The van der Waals surface area contributed by atoms with Crippen molar-refractivity contribution < 1.29 is 23.9 Å². The van der Waals surface area contributed by atoms with Crippen molar-refractivity contribution in [3.8, 4) is 5.75 Å². The zero-order valence-electron chi connectivity index (χ0n) is 16.4. The third-order valence-electron chi connectivity index (χ3n) is 4.67. The molecular formula is C23H17N3O5. The predicted molar refractivity (Wildman–Crippen MR) is 114 cm³/mol. The second-order valence-electron chi connectivity index (χ2n) is 6.87. The van der Waals surface area contributed by atoms with Crippen molar-refractivity contribution in [2.45, 2.75) is 6.92 Å². The van der Waals surface area contributed by atoms with Crippen LogP contribution in [0.25, 0.3) is 0 Å². The minimum Gasteiger partial charge on any atom is -0.427 e. The standard InChI is InChI=1S/C23H17N3O5/c1-13(27)31-18-9-7-17(8-10-18)26-22(29)19-11-6-16(12-20(19)23(26)30)25-21(28)14-2-4-15(24)5-3-14/h2-12H,24H2,1H3,(H,25,28). The SMILES string of the molecule is CC(=O)Oc1ccc(N2C(=O)c3ccc(NC(=O)c4ccc(N)cc4)cc3C2=O)cc1. The van der Waals surface area contributed by atoms with E-state index in [1.807, 2.05) is 0 Å². The second-order valence-corrected chi connectivity index (χ2v) is 6.87. The third kappa shape index (κ3) is 3.86. The fourth-order valence-electron chi connectivity index (χ4n) is 3.22. The van der Waals surface area contributed by atoms with Gasteiger partial charge >= 0.3 is 5.97 Å². The van der Waals surface area contributed by atoms with E-state index in [-0.39, 0.29) is 17.0 Å². The summed E-state index contributed by atoms with van der Waals surface area (Å²) >= 11 is 0. The Balaban J connectivity index is 1.56. The first-order valence-corrected chi connectivity index (χ1v) is 9.32. The second kappa shape index (κ2) is 7.75. The number of nitrogen functional groups attached to an aromatic ring is 1. The summed E-state index contributed by atoms with van der Waals surface area (Å²) < 4.78 is 4.97. The molecule has 31 heavy (non-hydrogen) atoms. The molecule has 8 heteroatoms. The molecule has 0 aliphatic carbocycles. The molecule has 4 rings (SSSR count). The summed E-state index contributed by atoms with van der Waals surface area (Å²) in [6.07, 6.45) is 0. The van der Waals surface area contributed by atoms with Crippen molar-refractivity contribution in [2.24, 2.45) is 0 Å². The maximum absolute atomic E-state index is 12.9. The number of carbonyl (C=O) groups is 4. The van der Waals surface area contributed by atoms with Crippen LogP contribution in [-0.4, -0.2) is 23.7 Å². The van der Waals surface area contributed by atoms with Gasteiger partial charge in [-0.2, -0.15) is 0 Å². The maximum Gasteiger partial charge on any atom is 0.308 e. The van der Waals surface area contributed by atoms with Gasteiger partial charge in [-0.3, -0.25) is 19.2 Å². The highest BCUT2D eigenvalue weighted by atomic mass is 16.5. The van der Waals surface area contributed by atoms with Crippen LogP contribution >= 0.6 is 0 Å². The van der Waals surface area contributed by atoms with Gasteiger partial charge in [0.05, 0.1) is 16.8 Å². The topological polar surface area (TPSA) is 119 Å². The monoisotopic (exact) mass is 415 g/mol. The van der Waals surface area contributed by atoms with Crippen molar-refractivity contribution in [3.63, 3.8) is 0 Å². The molecule has 3 aromatic carbocycles. The molecule has 0 unspecified atom stereocenters. The van der Waals surface area contributed by atoms with Gasteiger partial charge in [-0.15, -0.1) is 0 Å². The quantitative estimate of drug-likeness (QED) is 0.292. The van der Waals surface area contributed by atoms with Crippen molar-refractivity contribution in [2.75, 3.05) is 16.0 Å². The maximum atomic E-state index is 12.9. The number of nitrogens with one attached hydrogen (secondary N) is 1. The van der Waals surface area contributed by atoms with Crippen LogP contribution in [0.1, 0.15) is 38.0 Å². The van der Waals surface area contributed by atoms with E-state index in [1.54, 1.807) is 30.3 Å². The Bertz CT molecular complexity index is 1220. The highest BCUT2D eigenvalue weighted by Crippen LogP contribution is 2.31. The van der Waals surface area contributed by atoms with Gasteiger partial charge in [0.15, 0.2) is 0 Å². The molecule has 0 saturated heterocycles. The number of imide groups is 1. The Hall–Kier alpha value is -4.46. The number of nitrogens with two attached hydrogens (primary N) is 1. The summed E-state index contributed by atoms with van der Waals surface area (Å²) in [4.78, 5) is 50.2. The number of ether oxygens (including phenoxy) is 1. The molecule has 1 aliphatic heterocycles. The lowest BCUT2D eigenvalue weighted by molar-refractivity contribution is -0.131. The van der Waals surface area contributed by atoms with E-state index in [0.717, 1.165) is 4.90 Å². The molecule has 0 aromatic heterocycles. The van der Waals surface area contributed by atoms with E-state index in [4.69, 9.17) is 10.5 Å². The van der Waals surface area contributed by atoms with Crippen LogP contribution in [0.15, 0.2) is 66.7 Å². The van der Waals surface area contributed by atoms with Crippen LogP contribution in [0, 0.1) is 0 Å². The van der Waals surface area contributed by atoms with E-state index >= 15 is 0 Å². The normalized spacial score (nSPS) is 12.5. The van der Waals surface area contributed by atoms with E-state index in [1.165, 1.54) is 43.3 Å². The fourth-order valence-corrected chi connectivity index (χ4v) is 3.22. The Morgan fingerprint density at radius 3 is 2.16 bits per heavy atom. The lowest BCUT2D eigenvalue weighted by Gasteiger charge is -2.14. The minimum absolute atomic E-state index is 0.184. The lowest BCUT2D eigenvalue weighted by atomic mass is 10.1. The number of hydrogen-bond donors (Lipinski definition) is 2. The van der Waals surface area contributed by atoms with Crippen LogP contribution in [0.3, 0.4) is 0 Å². The molecule has 0 bridgehead atoms. The summed E-state index contributed by atoms with van der Waals surface area (Å²) in [5.74, 6) is -1.52. The number of hydrogen-bond acceptors (Lipinski definition) is 6. The molecule has 0 atom stereocenters. The predicted octanol–water partition coefficient (Wildman–Crippen LogP) is 3.25. The zero-order chi connectivity index (χ0) is 22.1. The molecule has 3 N–H and O–H groups in total. The number of esters is 1. The Morgan fingerprint density at radius 1 is 0.871 bits per heavy atom. The summed E-state index contributed by atoms with van der Waals surface area (Å²) in [6, 6.07) is 17.0. The first kappa shape index (κ1) is 19.8. The first-order chi connectivity index (χ1) is 14.8. The number of benzene rings is 3. The molecule has 3 aromatic rings. The molecule has 0 saturated carbocycles. The van der Waals surface area contributed by atoms with Crippen LogP contribution in [0.4, 0.5) is 17.1 Å². The van der Waals surface area contributed by atoms with Crippen LogP contribution in [0.2, 0.25) is 0 Å². The van der Waals surface area contributed by atoms with E-state index in [9.17, 15) is 19.2 Å². The Kier molecular flexibility index (Phi) is 4.96. The lowest BCUT2D eigenvalue weighted by Crippen LogP contribution is -2.29. The highest BCUT2D eigenvalue weighted by molar-refractivity contribution is 6.34. The van der Waals surface area contributed by atoms with Gasteiger partial charge < -0.3 is 15.8 Å². The van der Waals surface area contributed by atoms with Gasteiger partial charge in [0.2, 0.25) is 0 Å². The van der Waals surface area contributed by atoms with Crippen molar-refractivity contribution in [1.82, 2.24) is 0 Å². The minimum atomic E-state index is -0.510. The van der Waals surface area contributed by atoms with Gasteiger partial charge in [0.1, 0.15) is 5.75 Å². The molecule has 3 amide bonds. The molecule has 1 heterocycles. The molecule has 0 spiro atoms. The molecule has 0 radical (unpaired) electrons. The van der Waals surface area contributed by atoms with Gasteiger partial charge in [0, 0.05) is 23.9 Å². The number of anilines is 3. The largest absolute Gasteiger partial charge is 0.427 e. The van der Waals surface area contributed by atoms with Gasteiger partial charge in [0.25, 0.3) is 17.7 Å². The zero-order valence-corrected chi connectivity index (χ0v) is 16.4. The van der Waals surface area contributed by atoms with Gasteiger partial charge in [-0.05, 0) is 66.7 Å². The molecule has 8 nitrogen and oxygen atoms in total. The number of amides is 3. The van der Waals surface area contributed by atoms with Crippen LogP contribution in [-0.2, 0) is 4.79 Å². The first-order valence-electron chi connectivity index (χ1n) is 9.32. The average molecular weight is 415 g/mol. The smallest absolute Gasteiger partial charge is 0.308 e. The van der Waals surface area contributed by atoms with E-state index in [0.29, 0.717) is 28.4 Å². The van der Waals surface area contributed by atoms with Crippen molar-refractivity contribution in [1.29, 1.82) is 0 Å². The number of nitrogens with zero attached hydrogens (tertiary/aromatic N) is 1. The van der Waals surface area contributed by atoms with Crippen molar-refractivity contribution in [3.05, 3.63) is 83.4 Å². The van der Waals surface area contributed by atoms with Gasteiger partial charge in [-0.25, -0.2) is 4.90 Å². The summed E-state index contributed by atoms with van der Waals surface area (Å²) in [5.41, 5.74) is 7.73. The third-order valence-corrected chi connectivity index (χ3v) is 4.67. The summed E-state index contributed by atoms with van der Waals surface area (Å²) in [6.45, 7) is 1.28. The van der Waals surface area contributed by atoms with E-state index in [2.05, 4.69) is 5.32 Å². The molecule has 0 fully saturated rings. The van der Waals surface area contributed by atoms with E-state index < -0.39 is 17.8 Å². The van der Waals surface area contributed by atoms with Crippen LogP contribution in [0.5, 0.6) is 5.75 Å².